The van der Waals surface area contributed by atoms with Crippen molar-refractivity contribution >= 4 is 17.7 Å². The first kappa shape index (κ1) is 18.0. The Bertz CT molecular complexity index is 763. The molecule has 6 heteroatoms. The number of nitrogens with zero attached hydrogens (tertiary/aromatic N) is 2. The number of likely N-dealkylation sites (tertiary alicyclic amines) is 2. The third-order valence-electron chi connectivity index (χ3n) is 6.21. The van der Waals surface area contributed by atoms with E-state index in [0.717, 1.165) is 43.4 Å². The third-order valence-corrected chi connectivity index (χ3v) is 6.21. The van der Waals surface area contributed by atoms with E-state index in [-0.39, 0.29) is 23.3 Å². The van der Waals surface area contributed by atoms with Gasteiger partial charge in [-0.2, -0.15) is 0 Å². The maximum atomic E-state index is 12.6. The van der Waals surface area contributed by atoms with Crippen LogP contribution in [0, 0.1) is 0 Å². The van der Waals surface area contributed by atoms with Gasteiger partial charge in [0.05, 0.1) is 5.54 Å². The van der Waals surface area contributed by atoms with E-state index in [2.05, 4.69) is 5.32 Å². The molecule has 4 rings (SSSR count). The second-order valence-corrected chi connectivity index (χ2v) is 8.04. The molecule has 1 aromatic rings. The highest BCUT2D eigenvalue weighted by atomic mass is 16.2. The van der Waals surface area contributed by atoms with Crippen LogP contribution in [0.4, 0.5) is 0 Å². The number of carbonyl (C=O) groups excluding carboxylic acids is 3. The van der Waals surface area contributed by atoms with E-state index in [4.69, 9.17) is 0 Å². The fourth-order valence-electron chi connectivity index (χ4n) is 4.62. The van der Waals surface area contributed by atoms with Crippen LogP contribution in [0.2, 0.25) is 0 Å². The average Bonchev–Trinajstić information content (AvgIpc) is 3.23. The topological polar surface area (TPSA) is 69.7 Å². The smallest absolute Gasteiger partial charge is 0.252 e. The van der Waals surface area contributed by atoms with Crippen molar-refractivity contribution < 1.29 is 14.4 Å². The number of hydrogen-bond donors (Lipinski definition) is 1. The van der Waals surface area contributed by atoms with Gasteiger partial charge in [-0.1, -0.05) is 18.2 Å². The van der Waals surface area contributed by atoms with Crippen LogP contribution in [0.3, 0.4) is 0 Å². The first-order chi connectivity index (χ1) is 13.1. The van der Waals surface area contributed by atoms with Gasteiger partial charge in [-0.15, -0.1) is 0 Å². The van der Waals surface area contributed by atoms with E-state index < -0.39 is 0 Å². The van der Waals surface area contributed by atoms with Gasteiger partial charge in [0.25, 0.3) is 5.91 Å². The lowest BCUT2D eigenvalue weighted by atomic mass is 9.91. The monoisotopic (exact) mass is 369 g/mol. The van der Waals surface area contributed by atoms with Crippen LogP contribution in [0.5, 0.6) is 0 Å². The highest BCUT2D eigenvalue weighted by Crippen LogP contribution is 2.31. The van der Waals surface area contributed by atoms with Crippen molar-refractivity contribution in [2.24, 2.45) is 0 Å². The normalized spacial score (nSPS) is 24.9. The Balaban J connectivity index is 1.32. The molecule has 0 radical (unpaired) electrons. The number of fused-ring (bicyclic) bond motifs is 1. The van der Waals surface area contributed by atoms with Gasteiger partial charge in [-0.25, -0.2) is 0 Å². The molecule has 144 valence electrons. The van der Waals surface area contributed by atoms with E-state index in [9.17, 15) is 14.4 Å². The molecule has 1 unspecified atom stereocenters. The van der Waals surface area contributed by atoms with Crippen LogP contribution in [0.1, 0.15) is 54.4 Å². The Morgan fingerprint density at radius 2 is 1.96 bits per heavy atom. The van der Waals surface area contributed by atoms with Gasteiger partial charge < -0.3 is 15.1 Å². The summed E-state index contributed by atoms with van der Waals surface area (Å²) in [7, 11) is 0. The Kier molecular flexibility index (Phi) is 4.89. The van der Waals surface area contributed by atoms with E-state index in [1.165, 1.54) is 0 Å². The molecule has 3 aliphatic heterocycles. The summed E-state index contributed by atoms with van der Waals surface area (Å²) >= 11 is 0. The van der Waals surface area contributed by atoms with E-state index in [1.807, 2.05) is 34.1 Å². The Morgan fingerprint density at radius 1 is 1.11 bits per heavy atom. The molecule has 2 saturated heterocycles. The third kappa shape index (κ3) is 3.70. The fraction of sp³-hybridized carbons (Fsp3) is 0.571. The molecule has 6 nitrogen and oxygen atoms in total. The number of carbonyl (C=O) groups is 3. The maximum Gasteiger partial charge on any atom is 0.252 e. The molecule has 2 fully saturated rings. The van der Waals surface area contributed by atoms with Crippen LogP contribution >= 0.6 is 0 Å². The molecule has 1 aromatic carbocycles. The summed E-state index contributed by atoms with van der Waals surface area (Å²) < 4.78 is 0. The van der Waals surface area contributed by atoms with Crippen molar-refractivity contribution in [1.29, 1.82) is 0 Å². The number of benzene rings is 1. The number of amides is 3. The molecule has 0 saturated carbocycles. The SMILES string of the molecule is O=C1NC2(CCc3ccccc31)CCN(C(=O)CCCN1CCCC1=O)C2. The molecule has 0 aromatic heterocycles. The first-order valence-corrected chi connectivity index (χ1v) is 10.0. The molecular weight excluding hydrogens is 342 g/mol. The van der Waals surface area contributed by atoms with Gasteiger partial charge in [0, 0.05) is 44.6 Å². The molecule has 27 heavy (non-hydrogen) atoms. The minimum Gasteiger partial charge on any atom is -0.345 e. The van der Waals surface area contributed by atoms with Crippen molar-refractivity contribution in [3.8, 4) is 0 Å². The highest BCUT2D eigenvalue weighted by Gasteiger charge is 2.42. The summed E-state index contributed by atoms with van der Waals surface area (Å²) in [4.78, 5) is 40.7. The summed E-state index contributed by atoms with van der Waals surface area (Å²) in [6, 6.07) is 7.76. The molecule has 1 spiro atoms. The van der Waals surface area contributed by atoms with Crippen molar-refractivity contribution in [1.82, 2.24) is 15.1 Å². The lowest BCUT2D eigenvalue weighted by Crippen LogP contribution is -2.50. The first-order valence-electron chi connectivity index (χ1n) is 10.0. The summed E-state index contributed by atoms with van der Waals surface area (Å²) in [5, 5.41) is 3.22. The number of rotatable bonds is 4. The van der Waals surface area contributed by atoms with Crippen LogP contribution in [-0.4, -0.2) is 59.2 Å². The number of hydrogen-bond acceptors (Lipinski definition) is 3. The summed E-state index contributed by atoms with van der Waals surface area (Å²) in [5.41, 5.74) is 1.54. The summed E-state index contributed by atoms with van der Waals surface area (Å²) in [6.07, 6.45) is 5.28. The summed E-state index contributed by atoms with van der Waals surface area (Å²) in [6.45, 7) is 2.79. The lowest BCUT2D eigenvalue weighted by Gasteiger charge is -2.29. The Labute approximate surface area is 159 Å². The molecular formula is C21H27N3O3. The van der Waals surface area contributed by atoms with Crippen LogP contribution < -0.4 is 5.32 Å². The van der Waals surface area contributed by atoms with E-state index in [1.54, 1.807) is 0 Å². The second-order valence-electron chi connectivity index (χ2n) is 8.04. The predicted molar refractivity (Wildman–Crippen MR) is 101 cm³/mol. The predicted octanol–water partition coefficient (Wildman–Crippen LogP) is 1.74. The van der Waals surface area contributed by atoms with Crippen LogP contribution in [-0.2, 0) is 16.0 Å². The van der Waals surface area contributed by atoms with Crippen molar-refractivity contribution in [3.63, 3.8) is 0 Å². The van der Waals surface area contributed by atoms with Crippen LogP contribution in [0.15, 0.2) is 24.3 Å². The second kappa shape index (κ2) is 7.33. The minimum absolute atomic E-state index is 0.0232. The number of nitrogens with one attached hydrogen (secondary N) is 1. The maximum absolute atomic E-state index is 12.6. The quantitative estimate of drug-likeness (QED) is 0.879. The highest BCUT2D eigenvalue weighted by molar-refractivity contribution is 5.96. The zero-order valence-electron chi connectivity index (χ0n) is 15.7. The van der Waals surface area contributed by atoms with Crippen LogP contribution in [0.25, 0.3) is 0 Å². The van der Waals surface area contributed by atoms with Crippen molar-refractivity contribution in [3.05, 3.63) is 35.4 Å². The van der Waals surface area contributed by atoms with E-state index in [0.29, 0.717) is 38.9 Å². The summed E-state index contributed by atoms with van der Waals surface area (Å²) in [5.74, 6) is 0.322. The van der Waals surface area contributed by atoms with Gasteiger partial charge in [-0.3, -0.25) is 14.4 Å². The largest absolute Gasteiger partial charge is 0.345 e. The fourth-order valence-corrected chi connectivity index (χ4v) is 4.62. The number of aryl methyl sites for hydroxylation is 1. The van der Waals surface area contributed by atoms with E-state index >= 15 is 0 Å². The average molecular weight is 369 g/mol. The standard InChI is InChI=1S/C21H27N3O3/c25-18-7-3-12-23(18)13-4-8-19(26)24-14-11-21(15-24)10-9-16-5-1-2-6-17(16)20(27)22-21/h1-2,5-6H,3-4,7-15H2,(H,22,27). The lowest BCUT2D eigenvalue weighted by molar-refractivity contribution is -0.132. The molecule has 3 amide bonds. The zero-order valence-corrected chi connectivity index (χ0v) is 15.7. The molecule has 0 aliphatic carbocycles. The van der Waals surface area contributed by atoms with Crippen molar-refractivity contribution in [2.75, 3.05) is 26.2 Å². The molecule has 1 atom stereocenters. The Morgan fingerprint density at radius 3 is 2.78 bits per heavy atom. The molecule has 3 aliphatic rings. The van der Waals surface area contributed by atoms with Gasteiger partial charge in [-0.05, 0) is 43.7 Å². The zero-order chi connectivity index (χ0) is 18.9. The Hall–Kier alpha value is -2.37. The van der Waals surface area contributed by atoms with Gasteiger partial charge in [0.15, 0.2) is 0 Å². The van der Waals surface area contributed by atoms with Gasteiger partial charge >= 0.3 is 0 Å². The molecule has 3 heterocycles. The molecule has 1 N–H and O–H groups in total. The minimum atomic E-state index is -0.309. The van der Waals surface area contributed by atoms with Gasteiger partial charge in [0.1, 0.15) is 0 Å². The van der Waals surface area contributed by atoms with Gasteiger partial charge in [0.2, 0.25) is 11.8 Å². The van der Waals surface area contributed by atoms with Crippen molar-refractivity contribution in [2.45, 2.75) is 50.5 Å². The molecule has 0 bridgehead atoms.